The lowest BCUT2D eigenvalue weighted by molar-refractivity contribution is 0.619. The number of aryl methyl sites for hydroxylation is 2. The first-order chi connectivity index (χ1) is 8.16. The van der Waals surface area contributed by atoms with Crippen molar-refractivity contribution in [1.29, 1.82) is 0 Å². The molecule has 0 saturated carbocycles. The first-order valence-electron chi connectivity index (χ1n) is 5.89. The van der Waals surface area contributed by atoms with Crippen LogP contribution in [0.4, 0.5) is 0 Å². The molecule has 0 radical (unpaired) electrons. The van der Waals surface area contributed by atoms with E-state index in [1.807, 2.05) is 26.0 Å². The highest BCUT2D eigenvalue weighted by atomic mass is 16.1. The number of nitrogens with zero attached hydrogens (tertiary/aromatic N) is 2. The van der Waals surface area contributed by atoms with Gasteiger partial charge in [0.05, 0.1) is 11.3 Å². The fraction of sp³-hybridized carbons (Fsp3) is 0.385. The molecule has 0 atom stereocenters. The first kappa shape index (κ1) is 10.5. The van der Waals surface area contributed by atoms with E-state index in [0.29, 0.717) is 6.54 Å². The molecular weight excluding hydrogens is 214 g/mol. The fourth-order valence-corrected chi connectivity index (χ4v) is 2.50. The number of nitrogens with one attached hydrogen (secondary N) is 1. The van der Waals surface area contributed by atoms with Crippen LogP contribution in [0.1, 0.15) is 22.5 Å². The molecule has 0 unspecified atom stereocenters. The molecule has 1 aliphatic heterocycles. The van der Waals surface area contributed by atoms with E-state index in [1.165, 1.54) is 0 Å². The molecule has 1 N–H and O–H groups in total. The summed E-state index contributed by atoms with van der Waals surface area (Å²) in [7, 11) is 0. The van der Waals surface area contributed by atoms with Gasteiger partial charge in [0.1, 0.15) is 5.65 Å². The van der Waals surface area contributed by atoms with Crippen molar-refractivity contribution in [3.8, 4) is 0 Å². The number of hydrogen-bond donors (Lipinski definition) is 1. The third-order valence-corrected chi connectivity index (χ3v) is 3.27. The van der Waals surface area contributed by atoms with Gasteiger partial charge in [0.15, 0.2) is 0 Å². The van der Waals surface area contributed by atoms with Crippen molar-refractivity contribution < 1.29 is 0 Å². The van der Waals surface area contributed by atoms with Gasteiger partial charge in [-0.2, -0.15) is 0 Å². The number of fused-ring (bicyclic) bond motifs is 2. The molecule has 0 saturated heterocycles. The van der Waals surface area contributed by atoms with Crippen LogP contribution in [0.25, 0.3) is 5.65 Å². The molecule has 4 heteroatoms. The van der Waals surface area contributed by atoms with Gasteiger partial charge in [0.25, 0.3) is 5.56 Å². The van der Waals surface area contributed by atoms with Crippen LogP contribution in [-0.4, -0.2) is 15.9 Å². The summed E-state index contributed by atoms with van der Waals surface area (Å²) < 4.78 is 1.71. The Hall–Kier alpha value is -1.68. The largest absolute Gasteiger partial charge is 0.312 e. The maximum absolute atomic E-state index is 12.4. The minimum absolute atomic E-state index is 0.0784. The molecule has 0 aromatic carbocycles. The van der Waals surface area contributed by atoms with E-state index in [0.717, 1.165) is 41.1 Å². The Morgan fingerprint density at radius 2 is 2.18 bits per heavy atom. The zero-order valence-corrected chi connectivity index (χ0v) is 10.1. The summed E-state index contributed by atoms with van der Waals surface area (Å²) in [5, 5.41) is 3.22. The Bertz CT molecular complexity index is 658. The highest BCUT2D eigenvalue weighted by Gasteiger charge is 2.16. The Morgan fingerprint density at radius 3 is 3.00 bits per heavy atom. The Balaban J connectivity index is 2.44. The SMILES string of the molecule is Cc1cc(C)n2c(=O)c3c(nc2c1)CCNC3. The van der Waals surface area contributed by atoms with Gasteiger partial charge in [-0.15, -0.1) is 0 Å². The Labute approximate surface area is 99.3 Å². The summed E-state index contributed by atoms with van der Waals surface area (Å²) in [4.78, 5) is 17.0. The van der Waals surface area contributed by atoms with E-state index in [1.54, 1.807) is 4.40 Å². The second-order valence-electron chi connectivity index (χ2n) is 4.64. The molecule has 4 nitrogen and oxygen atoms in total. The van der Waals surface area contributed by atoms with Gasteiger partial charge in [-0.1, -0.05) is 0 Å². The summed E-state index contributed by atoms with van der Waals surface area (Å²) in [6.45, 7) is 5.52. The highest BCUT2D eigenvalue weighted by Crippen LogP contribution is 2.12. The molecule has 2 aromatic rings. The highest BCUT2D eigenvalue weighted by molar-refractivity contribution is 5.45. The van der Waals surface area contributed by atoms with Crippen LogP contribution in [0.2, 0.25) is 0 Å². The van der Waals surface area contributed by atoms with Crippen molar-refractivity contribution in [2.75, 3.05) is 6.54 Å². The van der Waals surface area contributed by atoms with Gasteiger partial charge in [-0.25, -0.2) is 4.98 Å². The van der Waals surface area contributed by atoms with Crippen molar-refractivity contribution in [2.45, 2.75) is 26.8 Å². The van der Waals surface area contributed by atoms with Crippen molar-refractivity contribution in [3.63, 3.8) is 0 Å². The lowest BCUT2D eigenvalue weighted by Crippen LogP contribution is -2.33. The number of aromatic nitrogens is 2. The Morgan fingerprint density at radius 1 is 1.35 bits per heavy atom. The van der Waals surface area contributed by atoms with Crippen LogP contribution in [0.3, 0.4) is 0 Å². The zero-order valence-electron chi connectivity index (χ0n) is 10.1. The molecule has 17 heavy (non-hydrogen) atoms. The zero-order chi connectivity index (χ0) is 12.0. The number of pyridine rings is 1. The normalized spacial score (nSPS) is 14.9. The summed E-state index contributed by atoms with van der Waals surface area (Å²) in [5.74, 6) is 0. The van der Waals surface area contributed by atoms with Crippen molar-refractivity contribution in [1.82, 2.24) is 14.7 Å². The standard InChI is InChI=1S/C13H15N3O/c1-8-5-9(2)16-12(6-8)15-11-3-4-14-7-10(11)13(16)17/h5-6,14H,3-4,7H2,1-2H3. The third kappa shape index (κ3) is 1.56. The van der Waals surface area contributed by atoms with Gasteiger partial charge in [0.2, 0.25) is 0 Å². The van der Waals surface area contributed by atoms with E-state index in [4.69, 9.17) is 0 Å². The van der Waals surface area contributed by atoms with Crippen molar-refractivity contribution in [2.24, 2.45) is 0 Å². The van der Waals surface area contributed by atoms with Crippen LogP contribution in [-0.2, 0) is 13.0 Å². The number of rotatable bonds is 0. The molecular formula is C13H15N3O. The fourth-order valence-electron chi connectivity index (χ4n) is 2.50. The minimum atomic E-state index is 0.0784. The summed E-state index contributed by atoms with van der Waals surface area (Å²) in [6, 6.07) is 3.98. The van der Waals surface area contributed by atoms with Gasteiger partial charge >= 0.3 is 0 Å². The second-order valence-corrected chi connectivity index (χ2v) is 4.64. The lowest BCUT2D eigenvalue weighted by atomic mass is 10.1. The molecule has 0 amide bonds. The van der Waals surface area contributed by atoms with Crippen LogP contribution in [0.5, 0.6) is 0 Å². The van der Waals surface area contributed by atoms with E-state index in [2.05, 4.69) is 10.3 Å². The minimum Gasteiger partial charge on any atom is -0.312 e. The van der Waals surface area contributed by atoms with E-state index in [9.17, 15) is 4.79 Å². The van der Waals surface area contributed by atoms with E-state index < -0.39 is 0 Å². The number of hydrogen-bond acceptors (Lipinski definition) is 3. The summed E-state index contributed by atoms with van der Waals surface area (Å²) >= 11 is 0. The van der Waals surface area contributed by atoms with Gasteiger partial charge in [-0.05, 0) is 31.5 Å². The third-order valence-electron chi connectivity index (χ3n) is 3.27. The first-order valence-corrected chi connectivity index (χ1v) is 5.89. The van der Waals surface area contributed by atoms with Crippen LogP contribution < -0.4 is 10.9 Å². The van der Waals surface area contributed by atoms with Crippen LogP contribution in [0, 0.1) is 13.8 Å². The van der Waals surface area contributed by atoms with Crippen LogP contribution >= 0.6 is 0 Å². The molecule has 0 fully saturated rings. The average molecular weight is 229 g/mol. The van der Waals surface area contributed by atoms with Crippen molar-refractivity contribution in [3.05, 3.63) is 45.0 Å². The van der Waals surface area contributed by atoms with Gasteiger partial charge < -0.3 is 5.32 Å². The molecule has 88 valence electrons. The molecule has 0 spiro atoms. The van der Waals surface area contributed by atoms with Gasteiger partial charge in [0, 0.05) is 25.2 Å². The van der Waals surface area contributed by atoms with Crippen molar-refractivity contribution >= 4 is 5.65 Å². The monoisotopic (exact) mass is 229 g/mol. The van der Waals surface area contributed by atoms with E-state index in [-0.39, 0.29) is 5.56 Å². The predicted molar refractivity (Wildman–Crippen MR) is 66.3 cm³/mol. The van der Waals surface area contributed by atoms with E-state index >= 15 is 0 Å². The summed E-state index contributed by atoms with van der Waals surface area (Å²) in [5.41, 5.74) is 4.72. The molecule has 0 bridgehead atoms. The topological polar surface area (TPSA) is 46.4 Å². The molecule has 0 aliphatic carbocycles. The smallest absolute Gasteiger partial charge is 0.262 e. The Kier molecular flexibility index (Phi) is 2.26. The molecule has 1 aliphatic rings. The second kappa shape index (κ2) is 3.67. The summed E-state index contributed by atoms with van der Waals surface area (Å²) in [6.07, 6.45) is 0.841. The quantitative estimate of drug-likeness (QED) is 0.732. The molecule has 3 heterocycles. The average Bonchev–Trinajstić information content (AvgIpc) is 2.28. The van der Waals surface area contributed by atoms with Crippen LogP contribution in [0.15, 0.2) is 16.9 Å². The predicted octanol–water partition coefficient (Wildman–Crippen LogP) is 0.957. The maximum Gasteiger partial charge on any atom is 0.262 e. The van der Waals surface area contributed by atoms with Gasteiger partial charge in [-0.3, -0.25) is 9.20 Å². The maximum atomic E-state index is 12.4. The lowest BCUT2D eigenvalue weighted by Gasteiger charge is -2.17. The molecule has 2 aromatic heterocycles. The molecule has 3 rings (SSSR count).